The van der Waals surface area contributed by atoms with E-state index < -0.39 is 0 Å². The van der Waals surface area contributed by atoms with Crippen LogP contribution < -0.4 is 0 Å². The molecule has 1 aromatic rings. The Balaban J connectivity index is 2.15. The van der Waals surface area contributed by atoms with Crippen LogP contribution in [0, 0.1) is 24.7 Å². The second-order valence-electron chi connectivity index (χ2n) is 8.02. The lowest BCUT2D eigenvalue weighted by atomic mass is 9.87. The molecule has 0 N–H and O–H groups in total. The highest BCUT2D eigenvalue weighted by Crippen LogP contribution is 2.21. The summed E-state index contributed by atoms with van der Waals surface area (Å²) in [6.07, 6.45) is 13.6. The van der Waals surface area contributed by atoms with Gasteiger partial charge in [0.1, 0.15) is 5.78 Å². The van der Waals surface area contributed by atoms with Gasteiger partial charge in [0.2, 0.25) is 0 Å². The van der Waals surface area contributed by atoms with Crippen LogP contribution in [0.15, 0.2) is 23.1 Å². The fourth-order valence-electron chi connectivity index (χ4n) is 3.31. The maximum Gasteiger partial charge on any atom is 0.138 e. The number of allylic oxidation sites excluding steroid dienone is 3. The van der Waals surface area contributed by atoms with Crippen molar-refractivity contribution in [2.24, 2.45) is 17.8 Å². The largest absolute Gasteiger partial charge is 0.299 e. The molecule has 0 aliphatic rings. The van der Waals surface area contributed by atoms with Gasteiger partial charge in [0.05, 0.1) is 10.7 Å². The van der Waals surface area contributed by atoms with Gasteiger partial charge in [0.15, 0.2) is 0 Å². The summed E-state index contributed by atoms with van der Waals surface area (Å²) in [5, 5.41) is 3.24. The molecular formula is C23H37NOS. The summed E-state index contributed by atoms with van der Waals surface area (Å²) in [7, 11) is 0. The number of thiazole rings is 1. The van der Waals surface area contributed by atoms with E-state index in [1.807, 2.05) is 20.8 Å². The van der Waals surface area contributed by atoms with Crippen molar-refractivity contribution >= 4 is 23.2 Å². The summed E-state index contributed by atoms with van der Waals surface area (Å²) in [5.74, 6) is 1.41. The van der Waals surface area contributed by atoms with E-state index >= 15 is 0 Å². The second-order valence-corrected chi connectivity index (χ2v) is 9.08. The van der Waals surface area contributed by atoms with Gasteiger partial charge >= 0.3 is 0 Å². The molecule has 1 aromatic heterocycles. The van der Waals surface area contributed by atoms with Crippen LogP contribution in [0.3, 0.4) is 0 Å². The summed E-state index contributed by atoms with van der Waals surface area (Å²) in [6, 6.07) is 0. The van der Waals surface area contributed by atoms with Gasteiger partial charge in [-0.25, -0.2) is 4.98 Å². The zero-order chi connectivity index (χ0) is 19.5. The Hall–Kier alpha value is -1.22. The lowest BCUT2D eigenvalue weighted by Gasteiger charge is -2.17. The van der Waals surface area contributed by atoms with Crippen LogP contribution >= 0.6 is 11.3 Å². The number of carbonyl (C=O) groups is 1. The average molecular weight is 376 g/mol. The van der Waals surface area contributed by atoms with Gasteiger partial charge < -0.3 is 0 Å². The normalized spacial score (nSPS) is 15.0. The number of nitrogens with zero attached hydrogens (tertiary/aromatic N) is 1. The van der Waals surface area contributed by atoms with E-state index in [2.05, 4.69) is 49.4 Å². The average Bonchev–Trinajstić information content (AvgIpc) is 2.97. The van der Waals surface area contributed by atoms with E-state index in [9.17, 15) is 4.79 Å². The molecule has 26 heavy (non-hydrogen) atoms. The molecular weight excluding hydrogens is 338 g/mol. The Labute approximate surface area is 164 Å². The number of hydrogen-bond acceptors (Lipinski definition) is 3. The first kappa shape index (κ1) is 22.8. The highest BCUT2D eigenvalue weighted by atomic mass is 32.1. The predicted octanol–water partition coefficient (Wildman–Crippen LogP) is 7.25. The van der Waals surface area contributed by atoms with E-state index in [-0.39, 0.29) is 11.8 Å². The first-order chi connectivity index (χ1) is 12.3. The van der Waals surface area contributed by atoms with Crippen LogP contribution in [0.5, 0.6) is 0 Å². The standard InChI is InChI=1S/C23H37NOS/c1-17(2)23(25)20(5)14-18(3)12-10-8-7-9-11-13-19(4)15-22-16-26-21(6)24-22/h7,9,15-18,20H,8,10-14H2,1-6H3/b9-7+,19-15+. The SMILES string of the molecule is C/C(=C\c1csc(C)n1)CC/C=C/CCCC(C)CC(C)C(=O)C(C)C. The molecule has 3 heteroatoms. The minimum absolute atomic E-state index is 0.164. The second kappa shape index (κ2) is 12.2. The molecule has 0 aliphatic carbocycles. The molecule has 0 aromatic carbocycles. The molecule has 0 aliphatic heterocycles. The molecule has 2 atom stereocenters. The quantitative estimate of drug-likeness (QED) is 0.284. The minimum Gasteiger partial charge on any atom is -0.299 e. The first-order valence-corrected chi connectivity index (χ1v) is 11.0. The van der Waals surface area contributed by atoms with E-state index in [1.54, 1.807) is 11.3 Å². The smallest absolute Gasteiger partial charge is 0.138 e. The molecule has 2 nitrogen and oxygen atoms in total. The maximum absolute atomic E-state index is 12.0. The van der Waals surface area contributed by atoms with E-state index in [1.165, 1.54) is 18.4 Å². The summed E-state index contributed by atoms with van der Waals surface area (Å²) >= 11 is 1.70. The summed E-state index contributed by atoms with van der Waals surface area (Å²) in [6.45, 7) is 12.6. The van der Waals surface area contributed by atoms with Gasteiger partial charge in [-0.15, -0.1) is 11.3 Å². The van der Waals surface area contributed by atoms with Crippen LogP contribution in [0.2, 0.25) is 0 Å². The van der Waals surface area contributed by atoms with E-state index in [4.69, 9.17) is 0 Å². The van der Waals surface area contributed by atoms with Crippen molar-refractivity contribution in [2.45, 2.75) is 80.1 Å². The van der Waals surface area contributed by atoms with Crippen LogP contribution in [0.1, 0.15) is 83.8 Å². The molecule has 0 radical (unpaired) electrons. The number of aromatic nitrogens is 1. The fourth-order valence-corrected chi connectivity index (χ4v) is 3.88. The number of unbranched alkanes of at least 4 members (excludes halogenated alkanes) is 1. The molecule has 2 unspecified atom stereocenters. The van der Waals surface area contributed by atoms with Gasteiger partial charge in [-0.1, -0.05) is 51.8 Å². The van der Waals surface area contributed by atoms with E-state index in [0.29, 0.717) is 11.7 Å². The molecule has 1 heterocycles. The van der Waals surface area contributed by atoms with Crippen molar-refractivity contribution in [3.63, 3.8) is 0 Å². The highest BCUT2D eigenvalue weighted by Gasteiger charge is 2.18. The van der Waals surface area contributed by atoms with Crippen molar-refractivity contribution in [2.75, 3.05) is 0 Å². The monoisotopic (exact) mass is 375 g/mol. The summed E-state index contributed by atoms with van der Waals surface area (Å²) < 4.78 is 0. The van der Waals surface area contributed by atoms with Crippen LogP contribution in [-0.4, -0.2) is 10.8 Å². The van der Waals surface area contributed by atoms with Gasteiger partial charge in [0.25, 0.3) is 0 Å². The topological polar surface area (TPSA) is 30.0 Å². The number of Topliss-reactive ketones (excluding diaryl/α,β-unsaturated/α-hetero) is 1. The first-order valence-electron chi connectivity index (χ1n) is 10.1. The molecule has 0 bridgehead atoms. The van der Waals surface area contributed by atoms with Crippen molar-refractivity contribution in [1.29, 1.82) is 0 Å². The van der Waals surface area contributed by atoms with Gasteiger partial charge in [-0.3, -0.25) is 4.79 Å². The number of hydrogen-bond donors (Lipinski definition) is 0. The Morgan fingerprint density at radius 1 is 1.19 bits per heavy atom. The number of rotatable bonds is 12. The summed E-state index contributed by atoms with van der Waals surface area (Å²) in [5.41, 5.74) is 2.48. The Morgan fingerprint density at radius 3 is 2.50 bits per heavy atom. The molecule has 0 fully saturated rings. The highest BCUT2D eigenvalue weighted by molar-refractivity contribution is 7.09. The Kier molecular flexibility index (Phi) is 10.7. The van der Waals surface area contributed by atoms with Gasteiger partial charge in [0, 0.05) is 17.2 Å². The van der Waals surface area contributed by atoms with Crippen molar-refractivity contribution < 1.29 is 4.79 Å². The third-order valence-electron chi connectivity index (χ3n) is 4.78. The number of carbonyl (C=O) groups excluding carboxylic acids is 1. The van der Waals surface area contributed by atoms with Crippen LogP contribution in [0.4, 0.5) is 0 Å². The molecule has 0 spiro atoms. The van der Waals surface area contributed by atoms with Gasteiger partial charge in [-0.2, -0.15) is 0 Å². The van der Waals surface area contributed by atoms with Crippen molar-refractivity contribution in [1.82, 2.24) is 4.98 Å². The van der Waals surface area contributed by atoms with Crippen LogP contribution in [0.25, 0.3) is 6.08 Å². The molecule has 0 saturated carbocycles. The lowest BCUT2D eigenvalue weighted by Crippen LogP contribution is -2.19. The lowest BCUT2D eigenvalue weighted by molar-refractivity contribution is -0.125. The Bertz CT molecular complexity index is 597. The third-order valence-corrected chi connectivity index (χ3v) is 5.57. The Morgan fingerprint density at radius 2 is 1.88 bits per heavy atom. The minimum atomic E-state index is 0.164. The third kappa shape index (κ3) is 9.47. The summed E-state index contributed by atoms with van der Waals surface area (Å²) in [4.78, 5) is 16.5. The molecule has 0 saturated heterocycles. The molecule has 0 amide bonds. The maximum atomic E-state index is 12.0. The van der Waals surface area contributed by atoms with Crippen LogP contribution in [-0.2, 0) is 4.79 Å². The number of ketones is 1. The zero-order valence-electron chi connectivity index (χ0n) is 17.5. The molecule has 146 valence electrons. The van der Waals surface area contributed by atoms with Crippen molar-refractivity contribution in [3.05, 3.63) is 33.8 Å². The van der Waals surface area contributed by atoms with Gasteiger partial charge in [-0.05, 0) is 57.9 Å². The fraction of sp³-hybridized carbons (Fsp3) is 0.652. The number of aryl methyl sites for hydroxylation is 1. The van der Waals surface area contributed by atoms with E-state index in [0.717, 1.165) is 36.4 Å². The zero-order valence-corrected chi connectivity index (χ0v) is 18.4. The predicted molar refractivity (Wildman–Crippen MR) is 116 cm³/mol. The van der Waals surface area contributed by atoms with Crippen molar-refractivity contribution in [3.8, 4) is 0 Å². The molecule has 1 rings (SSSR count).